The van der Waals surface area contributed by atoms with Gasteiger partial charge in [-0.05, 0) is 0 Å². The highest BCUT2D eigenvalue weighted by molar-refractivity contribution is 6.45. The van der Waals surface area contributed by atoms with Gasteiger partial charge in [0.1, 0.15) is 6.04 Å². The Hall–Kier alpha value is -1.76. The van der Waals surface area contributed by atoms with Crippen LogP contribution in [-0.4, -0.2) is 34.8 Å². The first-order valence-corrected chi connectivity index (χ1v) is 2.94. The average Bonchev–Trinajstić information content (AvgIpc) is 1.96. The van der Waals surface area contributed by atoms with Crippen LogP contribution in [0.4, 0.5) is 4.79 Å². The van der Waals surface area contributed by atoms with E-state index in [-0.39, 0.29) is 0 Å². The number of amides is 3. The minimum atomic E-state index is -1.47. The van der Waals surface area contributed by atoms with Crippen molar-refractivity contribution in [1.29, 1.82) is 0 Å². The fourth-order valence-electron chi connectivity index (χ4n) is 0.695. The molecule has 12 heavy (non-hydrogen) atoms. The number of aliphatic carboxylic acids is 1. The molecule has 1 atom stereocenters. The monoisotopic (exact) mass is 171 g/mol. The molecule has 3 amide bonds. The Morgan fingerprint density at radius 3 is 2.67 bits per heavy atom. The van der Waals surface area contributed by atoms with Crippen LogP contribution in [0.3, 0.4) is 0 Å². The van der Waals surface area contributed by atoms with Crippen molar-refractivity contribution in [3.63, 3.8) is 0 Å². The molecule has 0 fully saturated rings. The Morgan fingerprint density at radius 1 is 1.58 bits per heavy atom. The molecule has 0 aromatic carbocycles. The predicted octanol–water partition coefficient (Wildman–Crippen LogP) is -1.91. The standard InChI is InChI=1S/C5H5N3O4/c6-1-2(4(10)11)7-5(12)8-3(1)9/h1H,6H2,(H,10,11)(H,8,9,12). The van der Waals surface area contributed by atoms with Crippen LogP contribution in [0.15, 0.2) is 4.99 Å². The van der Waals surface area contributed by atoms with E-state index in [1.165, 1.54) is 0 Å². The topological polar surface area (TPSA) is 122 Å². The molecule has 64 valence electrons. The third-order valence-corrected chi connectivity index (χ3v) is 1.25. The van der Waals surface area contributed by atoms with Crippen LogP contribution in [0.5, 0.6) is 0 Å². The molecular formula is C5H5N3O4. The summed E-state index contributed by atoms with van der Waals surface area (Å²) in [4.78, 5) is 34.6. The number of hydrogen-bond acceptors (Lipinski definition) is 4. The summed E-state index contributed by atoms with van der Waals surface area (Å²) in [6, 6.07) is -2.38. The second kappa shape index (κ2) is 2.70. The molecule has 1 aliphatic rings. The van der Waals surface area contributed by atoms with Crippen molar-refractivity contribution in [3.05, 3.63) is 0 Å². The molecule has 0 aromatic rings. The van der Waals surface area contributed by atoms with E-state index in [2.05, 4.69) is 4.99 Å². The first-order valence-electron chi connectivity index (χ1n) is 2.94. The van der Waals surface area contributed by atoms with Crippen LogP contribution < -0.4 is 11.1 Å². The van der Waals surface area contributed by atoms with Gasteiger partial charge >= 0.3 is 12.0 Å². The minimum Gasteiger partial charge on any atom is -0.477 e. The summed E-state index contributed by atoms with van der Waals surface area (Å²) >= 11 is 0. The molecule has 1 unspecified atom stereocenters. The number of hydrogen-bond donors (Lipinski definition) is 3. The molecule has 1 heterocycles. The van der Waals surface area contributed by atoms with E-state index in [4.69, 9.17) is 10.8 Å². The lowest BCUT2D eigenvalue weighted by atomic mass is 10.1. The fraction of sp³-hybridized carbons (Fsp3) is 0.200. The van der Waals surface area contributed by atoms with E-state index in [0.717, 1.165) is 0 Å². The largest absolute Gasteiger partial charge is 0.477 e. The first kappa shape index (κ1) is 8.34. The lowest BCUT2D eigenvalue weighted by Crippen LogP contribution is -2.54. The van der Waals surface area contributed by atoms with Gasteiger partial charge in [0.2, 0.25) is 0 Å². The Balaban J connectivity index is 3.04. The second-order valence-corrected chi connectivity index (χ2v) is 2.07. The summed E-state index contributed by atoms with van der Waals surface area (Å²) in [5.74, 6) is -2.32. The van der Waals surface area contributed by atoms with Crippen molar-refractivity contribution in [3.8, 4) is 0 Å². The van der Waals surface area contributed by atoms with Gasteiger partial charge in [0.05, 0.1) is 0 Å². The minimum absolute atomic E-state index is 0.635. The number of imide groups is 1. The number of aliphatic imine (C=N–C) groups is 1. The zero-order chi connectivity index (χ0) is 9.30. The normalized spacial score (nSPS) is 23.1. The molecular weight excluding hydrogens is 166 g/mol. The number of nitrogens with two attached hydrogens (primary N) is 1. The number of carboxylic acids is 1. The van der Waals surface area contributed by atoms with Gasteiger partial charge in [0.25, 0.3) is 5.91 Å². The molecule has 7 nitrogen and oxygen atoms in total. The average molecular weight is 171 g/mol. The highest BCUT2D eigenvalue weighted by Crippen LogP contribution is 1.95. The third-order valence-electron chi connectivity index (χ3n) is 1.25. The summed E-state index contributed by atoms with van der Waals surface area (Å²) < 4.78 is 0. The van der Waals surface area contributed by atoms with E-state index < -0.39 is 29.7 Å². The van der Waals surface area contributed by atoms with Gasteiger partial charge in [-0.2, -0.15) is 4.99 Å². The quantitative estimate of drug-likeness (QED) is 0.424. The number of carbonyl (C=O) groups is 3. The number of carbonyl (C=O) groups excluding carboxylic acids is 2. The number of rotatable bonds is 1. The van der Waals surface area contributed by atoms with E-state index in [1.807, 2.05) is 0 Å². The molecule has 0 bridgehead atoms. The highest BCUT2D eigenvalue weighted by Gasteiger charge is 2.31. The van der Waals surface area contributed by atoms with Gasteiger partial charge in [0.15, 0.2) is 5.71 Å². The number of nitrogens with one attached hydrogen (secondary N) is 1. The lowest BCUT2D eigenvalue weighted by molar-refractivity contribution is -0.130. The van der Waals surface area contributed by atoms with Crippen molar-refractivity contribution in [2.75, 3.05) is 0 Å². The summed E-state index contributed by atoms with van der Waals surface area (Å²) in [5.41, 5.74) is 4.47. The maximum Gasteiger partial charge on any atom is 0.352 e. The summed E-state index contributed by atoms with van der Waals surface area (Å²) in [6.07, 6.45) is 0. The van der Waals surface area contributed by atoms with E-state index in [1.54, 1.807) is 5.32 Å². The smallest absolute Gasteiger partial charge is 0.352 e. The van der Waals surface area contributed by atoms with Crippen molar-refractivity contribution in [2.45, 2.75) is 6.04 Å². The Labute approximate surface area is 66.3 Å². The summed E-state index contributed by atoms with van der Waals surface area (Å²) in [7, 11) is 0. The Morgan fingerprint density at radius 2 is 2.17 bits per heavy atom. The molecule has 0 saturated carbocycles. The zero-order valence-corrected chi connectivity index (χ0v) is 5.77. The number of urea groups is 1. The second-order valence-electron chi connectivity index (χ2n) is 2.07. The van der Waals surface area contributed by atoms with Crippen molar-refractivity contribution in [1.82, 2.24) is 5.32 Å². The van der Waals surface area contributed by atoms with Crippen LogP contribution in [0.2, 0.25) is 0 Å². The van der Waals surface area contributed by atoms with E-state index in [9.17, 15) is 14.4 Å². The van der Waals surface area contributed by atoms with Gasteiger partial charge in [-0.25, -0.2) is 9.59 Å². The summed E-state index contributed by atoms with van der Waals surface area (Å²) in [6.45, 7) is 0. The van der Waals surface area contributed by atoms with Gasteiger partial charge < -0.3 is 10.8 Å². The first-order chi connectivity index (χ1) is 5.52. The highest BCUT2D eigenvalue weighted by atomic mass is 16.4. The van der Waals surface area contributed by atoms with Crippen molar-refractivity contribution < 1.29 is 19.5 Å². The van der Waals surface area contributed by atoms with Crippen LogP contribution in [0.25, 0.3) is 0 Å². The molecule has 1 aliphatic heterocycles. The Kier molecular flexibility index (Phi) is 1.88. The maximum absolute atomic E-state index is 10.7. The van der Waals surface area contributed by atoms with Gasteiger partial charge in [0, 0.05) is 0 Å². The van der Waals surface area contributed by atoms with Crippen LogP contribution >= 0.6 is 0 Å². The third kappa shape index (κ3) is 1.30. The van der Waals surface area contributed by atoms with E-state index in [0.29, 0.717) is 0 Å². The van der Waals surface area contributed by atoms with Crippen LogP contribution in [0.1, 0.15) is 0 Å². The number of nitrogens with zero attached hydrogens (tertiary/aromatic N) is 1. The SMILES string of the molecule is NC1C(=O)NC(=O)N=C1C(=O)O. The molecule has 7 heteroatoms. The van der Waals surface area contributed by atoms with Crippen molar-refractivity contribution in [2.24, 2.45) is 10.7 Å². The van der Waals surface area contributed by atoms with Gasteiger partial charge in [-0.15, -0.1) is 0 Å². The fourth-order valence-corrected chi connectivity index (χ4v) is 0.695. The van der Waals surface area contributed by atoms with Crippen molar-refractivity contribution >= 4 is 23.6 Å². The molecule has 1 rings (SSSR count). The van der Waals surface area contributed by atoms with Crippen LogP contribution in [-0.2, 0) is 9.59 Å². The van der Waals surface area contributed by atoms with E-state index >= 15 is 0 Å². The molecule has 0 aromatic heterocycles. The maximum atomic E-state index is 10.7. The Bertz CT molecular complexity index is 295. The molecule has 4 N–H and O–H groups in total. The van der Waals surface area contributed by atoms with Crippen LogP contribution in [0, 0.1) is 0 Å². The molecule has 0 radical (unpaired) electrons. The predicted molar refractivity (Wildman–Crippen MR) is 36.6 cm³/mol. The number of carboxylic acid groups (broad SMARTS) is 1. The summed E-state index contributed by atoms with van der Waals surface area (Å²) in [5, 5.41) is 10.2. The van der Waals surface area contributed by atoms with Gasteiger partial charge in [-0.1, -0.05) is 0 Å². The molecule has 0 saturated heterocycles. The lowest BCUT2D eigenvalue weighted by Gasteiger charge is -2.14. The zero-order valence-electron chi connectivity index (χ0n) is 5.77. The molecule has 0 aliphatic carbocycles. The van der Waals surface area contributed by atoms with Gasteiger partial charge in [-0.3, -0.25) is 10.1 Å². The molecule has 0 spiro atoms.